The van der Waals surface area contributed by atoms with Gasteiger partial charge in [-0.3, -0.25) is 4.79 Å². The monoisotopic (exact) mass is 603 g/mol. The Bertz CT molecular complexity index is 1900. The molecular weight excluding hydrogens is 566 g/mol. The zero-order valence-corrected chi connectivity index (χ0v) is 26.6. The van der Waals surface area contributed by atoms with Crippen LogP contribution in [0.15, 0.2) is 152 Å². The van der Waals surface area contributed by atoms with E-state index in [9.17, 15) is 4.79 Å². The molecule has 228 valence electrons. The Balaban J connectivity index is 1.41. The first-order valence-electron chi connectivity index (χ1n) is 15.4. The molecule has 46 heavy (non-hydrogen) atoms. The number of rotatable bonds is 9. The maximum absolute atomic E-state index is 11.6. The van der Waals surface area contributed by atoms with Crippen molar-refractivity contribution in [3.05, 3.63) is 174 Å². The highest BCUT2D eigenvalue weighted by Crippen LogP contribution is 2.42. The van der Waals surface area contributed by atoms with Gasteiger partial charge in [0.15, 0.2) is 0 Å². The van der Waals surface area contributed by atoms with Gasteiger partial charge in [-0.1, -0.05) is 96.6 Å². The van der Waals surface area contributed by atoms with Gasteiger partial charge in [-0.05, 0) is 102 Å². The number of hydrogen-bond donors (Lipinski definition) is 0. The second kappa shape index (κ2) is 13.2. The van der Waals surface area contributed by atoms with Gasteiger partial charge >= 0.3 is 5.97 Å². The van der Waals surface area contributed by atoms with Crippen LogP contribution in [0.1, 0.15) is 36.1 Å². The summed E-state index contributed by atoms with van der Waals surface area (Å²) >= 11 is 0. The van der Waals surface area contributed by atoms with E-state index in [1.54, 1.807) is 7.11 Å². The predicted molar refractivity (Wildman–Crippen MR) is 188 cm³/mol. The fraction of sp³-hybridized carbons (Fsp3) is 0.119. The fourth-order valence-electron chi connectivity index (χ4n) is 5.97. The van der Waals surface area contributed by atoms with E-state index in [4.69, 9.17) is 9.47 Å². The number of anilines is 3. The highest BCUT2D eigenvalue weighted by molar-refractivity contribution is 5.78. The average Bonchev–Trinajstić information content (AvgIpc) is 3.10. The van der Waals surface area contributed by atoms with Gasteiger partial charge in [-0.15, -0.1) is 0 Å². The second-order valence-electron chi connectivity index (χ2n) is 11.6. The van der Waals surface area contributed by atoms with Crippen LogP contribution in [0.2, 0.25) is 0 Å². The summed E-state index contributed by atoms with van der Waals surface area (Å²) in [6, 6.07) is 52.6. The van der Waals surface area contributed by atoms with Gasteiger partial charge in [0.25, 0.3) is 0 Å². The average molecular weight is 604 g/mol. The minimum absolute atomic E-state index is 0.339. The van der Waals surface area contributed by atoms with Crippen LogP contribution in [0.4, 0.5) is 17.1 Å². The van der Waals surface area contributed by atoms with E-state index in [1.807, 2.05) is 42.5 Å². The van der Waals surface area contributed by atoms with Crippen molar-refractivity contribution >= 4 is 23.0 Å². The molecule has 0 spiro atoms. The van der Waals surface area contributed by atoms with Crippen molar-refractivity contribution in [2.24, 2.45) is 0 Å². The number of carbonyl (C=O) groups is 1. The van der Waals surface area contributed by atoms with Gasteiger partial charge < -0.3 is 14.4 Å². The molecular formula is C42H37NO3. The largest absolute Gasteiger partial charge is 0.497 e. The molecule has 6 rings (SSSR count). The van der Waals surface area contributed by atoms with Crippen LogP contribution in [0.25, 0.3) is 11.1 Å². The van der Waals surface area contributed by atoms with Crippen LogP contribution in [0.3, 0.4) is 0 Å². The minimum Gasteiger partial charge on any atom is -0.497 e. The first kappa shape index (κ1) is 30.4. The summed E-state index contributed by atoms with van der Waals surface area (Å²) in [6.07, 6.45) is 0. The van der Waals surface area contributed by atoms with Crippen LogP contribution < -0.4 is 14.4 Å². The highest BCUT2D eigenvalue weighted by atomic mass is 16.5. The third kappa shape index (κ3) is 6.29. The Kier molecular flexibility index (Phi) is 8.71. The first-order valence-corrected chi connectivity index (χ1v) is 15.4. The number of benzene rings is 6. The van der Waals surface area contributed by atoms with E-state index in [2.05, 4.69) is 128 Å². The van der Waals surface area contributed by atoms with Crippen molar-refractivity contribution < 1.29 is 14.3 Å². The Labute approximate surface area is 271 Å². The van der Waals surface area contributed by atoms with E-state index in [0.29, 0.717) is 5.75 Å². The molecule has 1 unspecified atom stereocenters. The molecule has 0 saturated heterocycles. The van der Waals surface area contributed by atoms with Crippen molar-refractivity contribution in [3.8, 4) is 22.6 Å². The van der Waals surface area contributed by atoms with E-state index in [1.165, 1.54) is 23.6 Å². The van der Waals surface area contributed by atoms with Crippen molar-refractivity contribution in [3.63, 3.8) is 0 Å². The number of methoxy groups -OCH3 is 1. The number of carbonyl (C=O) groups excluding carboxylic acids is 1. The van der Waals surface area contributed by atoms with Crippen molar-refractivity contribution in [1.29, 1.82) is 0 Å². The lowest BCUT2D eigenvalue weighted by molar-refractivity contribution is -0.131. The molecule has 1 atom stereocenters. The lowest BCUT2D eigenvalue weighted by Crippen LogP contribution is -2.25. The lowest BCUT2D eigenvalue weighted by Gasteiger charge is -2.33. The Morgan fingerprint density at radius 3 is 1.43 bits per heavy atom. The summed E-state index contributed by atoms with van der Waals surface area (Å²) in [5, 5.41) is 0. The van der Waals surface area contributed by atoms with E-state index in [-0.39, 0.29) is 5.97 Å². The third-order valence-electron chi connectivity index (χ3n) is 8.59. The lowest BCUT2D eigenvalue weighted by atomic mass is 9.71. The summed E-state index contributed by atoms with van der Waals surface area (Å²) in [6.45, 7) is 5.75. The molecule has 0 bridgehead atoms. The van der Waals surface area contributed by atoms with Gasteiger partial charge in [0.1, 0.15) is 11.5 Å². The van der Waals surface area contributed by atoms with Crippen LogP contribution in [0.5, 0.6) is 11.5 Å². The minimum atomic E-state index is -0.494. The van der Waals surface area contributed by atoms with Gasteiger partial charge in [0, 0.05) is 29.4 Å². The van der Waals surface area contributed by atoms with Crippen molar-refractivity contribution in [2.75, 3.05) is 12.0 Å². The van der Waals surface area contributed by atoms with E-state index >= 15 is 0 Å². The Morgan fingerprint density at radius 1 is 0.543 bits per heavy atom. The first-order chi connectivity index (χ1) is 22.3. The van der Waals surface area contributed by atoms with Crippen LogP contribution in [-0.4, -0.2) is 13.1 Å². The van der Waals surface area contributed by atoms with Gasteiger partial charge in [-0.2, -0.15) is 0 Å². The van der Waals surface area contributed by atoms with Gasteiger partial charge in [0.2, 0.25) is 0 Å². The molecule has 0 N–H and O–H groups in total. The van der Waals surface area contributed by atoms with E-state index in [0.717, 1.165) is 39.5 Å². The summed E-state index contributed by atoms with van der Waals surface area (Å²) in [7, 11) is 1.68. The molecule has 0 amide bonds. The number of aryl methyl sites for hydroxylation is 1. The van der Waals surface area contributed by atoms with Crippen LogP contribution >= 0.6 is 0 Å². The summed E-state index contributed by atoms with van der Waals surface area (Å²) in [5.41, 5.74) is 9.64. The fourth-order valence-corrected chi connectivity index (χ4v) is 5.97. The smallest absolute Gasteiger partial charge is 0.308 e. The van der Waals surface area contributed by atoms with Gasteiger partial charge in [-0.25, -0.2) is 0 Å². The topological polar surface area (TPSA) is 38.8 Å². The third-order valence-corrected chi connectivity index (χ3v) is 8.59. The summed E-state index contributed by atoms with van der Waals surface area (Å²) in [5.74, 6) is 0.989. The molecule has 0 saturated carbocycles. The van der Waals surface area contributed by atoms with Crippen molar-refractivity contribution in [1.82, 2.24) is 0 Å². The maximum Gasteiger partial charge on any atom is 0.308 e. The molecule has 6 aromatic carbocycles. The van der Waals surface area contributed by atoms with Crippen molar-refractivity contribution in [2.45, 2.75) is 26.2 Å². The van der Waals surface area contributed by atoms with Crippen LogP contribution in [0, 0.1) is 6.92 Å². The normalized spacial score (nSPS) is 12.2. The molecule has 0 aliphatic heterocycles. The molecule has 0 aromatic heterocycles. The second-order valence-corrected chi connectivity index (χ2v) is 11.6. The summed E-state index contributed by atoms with van der Waals surface area (Å²) in [4.78, 5) is 13.8. The predicted octanol–water partition coefficient (Wildman–Crippen LogP) is 10.4. The van der Waals surface area contributed by atoms with Gasteiger partial charge in [0.05, 0.1) is 7.11 Å². The zero-order chi connectivity index (χ0) is 32.1. The molecule has 0 fully saturated rings. The number of nitrogens with zero attached hydrogens (tertiary/aromatic N) is 1. The highest BCUT2D eigenvalue weighted by Gasteiger charge is 2.31. The van der Waals surface area contributed by atoms with Crippen LogP contribution in [-0.2, 0) is 10.2 Å². The molecule has 4 nitrogen and oxygen atoms in total. The maximum atomic E-state index is 11.6. The molecule has 6 aromatic rings. The summed E-state index contributed by atoms with van der Waals surface area (Å²) < 4.78 is 10.8. The number of hydrogen-bond acceptors (Lipinski definition) is 4. The standard InChI is InChI=1S/C42H37NO3/c1-30-10-20-37(21-11-30)43(38-22-12-33(13-23-38)32-8-6-5-7-9-32)39-24-14-34(15-25-39)42(3,35-16-26-40(45-4)27-17-35)36-18-28-41(29-19-36)46-31(2)44/h5-29H,1-4H3. The SMILES string of the molecule is COc1ccc(C(C)(c2ccc(OC(C)=O)cc2)c2ccc(N(c3ccc(C)cc3)c3ccc(-c4ccccc4)cc3)cc2)cc1. The Morgan fingerprint density at radius 2 is 0.957 bits per heavy atom. The van der Waals surface area contributed by atoms with E-state index < -0.39 is 5.41 Å². The quantitative estimate of drug-likeness (QED) is 0.0936. The number of esters is 1. The Hall–Kier alpha value is -5.61. The molecule has 0 heterocycles. The molecule has 0 aliphatic carbocycles. The molecule has 4 heteroatoms. The molecule has 0 radical (unpaired) electrons. The number of ether oxygens (including phenoxy) is 2. The zero-order valence-electron chi connectivity index (χ0n) is 26.6. The molecule has 0 aliphatic rings.